The minimum atomic E-state index is 0.831. The third-order valence-electron chi connectivity index (χ3n) is 2.83. The molecule has 2 heterocycles. The molecule has 2 nitrogen and oxygen atoms in total. The van der Waals surface area contributed by atoms with Crippen molar-refractivity contribution in [3.63, 3.8) is 0 Å². The molecule has 0 aliphatic rings. The fourth-order valence-corrected chi connectivity index (χ4v) is 2.14. The first-order chi connectivity index (χ1) is 7.90. The van der Waals surface area contributed by atoms with Crippen molar-refractivity contribution in [3.05, 3.63) is 55.4 Å². The summed E-state index contributed by atoms with van der Waals surface area (Å²) in [6, 6.07) is 10.4. The lowest BCUT2D eigenvalue weighted by molar-refractivity contribution is 0.868. The predicted octanol–water partition coefficient (Wildman–Crippen LogP) is 3.38. The quantitative estimate of drug-likeness (QED) is 0.590. The summed E-state index contributed by atoms with van der Waals surface area (Å²) in [5, 5.41) is 2.45. The third kappa shape index (κ3) is 1.23. The van der Waals surface area contributed by atoms with Crippen LogP contribution in [0.25, 0.3) is 21.8 Å². The van der Waals surface area contributed by atoms with Crippen LogP contribution in [0.5, 0.6) is 0 Å². The number of aromatic nitrogens is 2. The maximum absolute atomic E-state index is 4.37. The van der Waals surface area contributed by atoms with Crippen molar-refractivity contribution < 1.29 is 0 Å². The van der Waals surface area contributed by atoms with Crippen LogP contribution in [0.1, 0.15) is 0 Å². The Morgan fingerprint density at radius 3 is 3.06 bits per heavy atom. The summed E-state index contributed by atoms with van der Waals surface area (Å²) in [6.45, 7) is 4.62. The molecule has 0 fully saturated rings. The van der Waals surface area contributed by atoms with Gasteiger partial charge in [-0.2, -0.15) is 0 Å². The number of allylic oxidation sites excluding steroid dienone is 1. The van der Waals surface area contributed by atoms with Gasteiger partial charge < -0.3 is 4.57 Å². The normalized spacial score (nSPS) is 11.0. The van der Waals surface area contributed by atoms with Crippen molar-refractivity contribution >= 4 is 21.8 Å². The maximum Gasteiger partial charge on any atom is 0.0723 e. The lowest BCUT2D eigenvalue weighted by Crippen LogP contribution is -1.93. The summed E-state index contributed by atoms with van der Waals surface area (Å²) in [6.07, 6.45) is 5.84. The molecule has 0 atom stereocenters. The first-order valence-corrected chi connectivity index (χ1v) is 5.33. The SMILES string of the molecule is C=CCn1ccc2ccc3ncccc3c21. The molecular formula is C14H12N2. The van der Waals surface area contributed by atoms with Gasteiger partial charge in [-0.25, -0.2) is 0 Å². The van der Waals surface area contributed by atoms with Crippen LogP contribution in [-0.2, 0) is 6.54 Å². The molecule has 1 aromatic carbocycles. The van der Waals surface area contributed by atoms with E-state index in [1.807, 2.05) is 18.3 Å². The minimum absolute atomic E-state index is 0.831. The molecule has 2 aromatic heterocycles. The number of hydrogen-bond donors (Lipinski definition) is 0. The van der Waals surface area contributed by atoms with Crippen LogP contribution in [-0.4, -0.2) is 9.55 Å². The molecule has 78 valence electrons. The Morgan fingerprint density at radius 2 is 2.19 bits per heavy atom. The van der Waals surface area contributed by atoms with Gasteiger partial charge in [-0.05, 0) is 24.3 Å². The Kier molecular flexibility index (Phi) is 2.00. The summed E-state index contributed by atoms with van der Waals surface area (Å²) >= 11 is 0. The zero-order valence-electron chi connectivity index (χ0n) is 8.93. The molecule has 0 N–H and O–H groups in total. The van der Waals surface area contributed by atoms with Crippen LogP contribution in [0.2, 0.25) is 0 Å². The Morgan fingerprint density at radius 1 is 1.25 bits per heavy atom. The number of hydrogen-bond acceptors (Lipinski definition) is 1. The smallest absolute Gasteiger partial charge is 0.0723 e. The van der Waals surface area contributed by atoms with Crippen LogP contribution in [0.15, 0.2) is 55.4 Å². The highest BCUT2D eigenvalue weighted by atomic mass is 14.9. The molecular weight excluding hydrogens is 196 g/mol. The predicted molar refractivity (Wildman–Crippen MR) is 67.4 cm³/mol. The summed E-state index contributed by atoms with van der Waals surface area (Å²) in [7, 11) is 0. The van der Waals surface area contributed by atoms with E-state index in [4.69, 9.17) is 0 Å². The summed E-state index contributed by atoms with van der Waals surface area (Å²) in [5.74, 6) is 0. The second-order valence-electron chi connectivity index (χ2n) is 3.83. The van der Waals surface area contributed by atoms with Crippen LogP contribution >= 0.6 is 0 Å². The van der Waals surface area contributed by atoms with Crippen molar-refractivity contribution in [1.82, 2.24) is 9.55 Å². The van der Waals surface area contributed by atoms with Gasteiger partial charge in [0.25, 0.3) is 0 Å². The van der Waals surface area contributed by atoms with Crippen molar-refractivity contribution in [3.8, 4) is 0 Å². The highest BCUT2D eigenvalue weighted by Gasteiger charge is 2.04. The Bertz CT molecular complexity index is 665. The fraction of sp³-hybridized carbons (Fsp3) is 0.0714. The minimum Gasteiger partial charge on any atom is -0.343 e. The van der Waals surface area contributed by atoms with E-state index in [-0.39, 0.29) is 0 Å². The molecule has 0 spiro atoms. The van der Waals surface area contributed by atoms with Crippen LogP contribution < -0.4 is 0 Å². The molecule has 0 radical (unpaired) electrons. The number of rotatable bonds is 2. The maximum atomic E-state index is 4.37. The first kappa shape index (κ1) is 9.16. The monoisotopic (exact) mass is 208 g/mol. The molecule has 16 heavy (non-hydrogen) atoms. The molecule has 0 unspecified atom stereocenters. The van der Waals surface area contributed by atoms with Gasteiger partial charge in [0.15, 0.2) is 0 Å². The van der Waals surface area contributed by atoms with E-state index >= 15 is 0 Å². The topological polar surface area (TPSA) is 17.8 Å². The molecule has 0 amide bonds. The average molecular weight is 208 g/mol. The van der Waals surface area contributed by atoms with Gasteiger partial charge in [0.1, 0.15) is 0 Å². The largest absolute Gasteiger partial charge is 0.343 e. The summed E-state index contributed by atoms with van der Waals surface area (Å²) in [5.41, 5.74) is 2.28. The summed E-state index contributed by atoms with van der Waals surface area (Å²) < 4.78 is 2.20. The van der Waals surface area contributed by atoms with E-state index < -0.39 is 0 Å². The van der Waals surface area contributed by atoms with Crippen molar-refractivity contribution in [2.24, 2.45) is 0 Å². The van der Waals surface area contributed by atoms with E-state index in [2.05, 4.69) is 46.6 Å². The number of nitrogens with zero attached hydrogens (tertiary/aromatic N) is 2. The molecule has 0 aliphatic heterocycles. The van der Waals surface area contributed by atoms with Gasteiger partial charge in [-0.3, -0.25) is 4.98 Å². The van der Waals surface area contributed by atoms with Crippen LogP contribution in [0.4, 0.5) is 0 Å². The van der Waals surface area contributed by atoms with E-state index in [0.29, 0.717) is 0 Å². The number of pyridine rings is 1. The van der Waals surface area contributed by atoms with Crippen LogP contribution in [0, 0.1) is 0 Å². The molecule has 0 saturated heterocycles. The van der Waals surface area contributed by atoms with Gasteiger partial charge in [0, 0.05) is 29.7 Å². The van der Waals surface area contributed by atoms with E-state index in [1.54, 1.807) is 0 Å². The first-order valence-electron chi connectivity index (χ1n) is 5.33. The Balaban J connectivity index is 2.46. The molecule has 0 bridgehead atoms. The van der Waals surface area contributed by atoms with Crippen molar-refractivity contribution in [2.75, 3.05) is 0 Å². The molecule has 3 aromatic rings. The van der Waals surface area contributed by atoms with E-state index in [0.717, 1.165) is 12.1 Å². The number of fused-ring (bicyclic) bond motifs is 3. The highest BCUT2D eigenvalue weighted by Crippen LogP contribution is 2.24. The van der Waals surface area contributed by atoms with Crippen LogP contribution in [0.3, 0.4) is 0 Å². The Hall–Kier alpha value is -2.09. The standard InChI is InChI=1S/C14H12N2/c1-2-9-16-10-7-11-5-6-13-12(14(11)16)4-3-8-15-13/h2-8,10H,1,9H2. The average Bonchev–Trinajstić information content (AvgIpc) is 2.73. The van der Waals surface area contributed by atoms with Gasteiger partial charge in [-0.15, -0.1) is 6.58 Å². The third-order valence-corrected chi connectivity index (χ3v) is 2.83. The Labute approximate surface area is 93.8 Å². The molecule has 0 saturated carbocycles. The van der Waals surface area contributed by atoms with E-state index in [1.165, 1.54) is 16.3 Å². The molecule has 0 aliphatic carbocycles. The lowest BCUT2D eigenvalue weighted by Gasteiger charge is -2.04. The van der Waals surface area contributed by atoms with Gasteiger partial charge in [0.2, 0.25) is 0 Å². The number of benzene rings is 1. The van der Waals surface area contributed by atoms with Gasteiger partial charge in [0.05, 0.1) is 11.0 Å². The molecule has 3 rings (SSSR count). The second kappa shape index (κ2) is 3.49. The molecule has 2 heteroatoms. The van der Waals surface area contributed by atoms with Gasteiger partial charge >= 0.3 is 0 Å². The fourth-order valence-electron chi connectivity index (χ4n) is 2.14. The highest BCUT2D eigenvalue weighted by molar-refractivity contribution is 6.04. The van der Waals surface area contributed by atoms with Crippen molar-refractivity contribution in [1.29, 1.82) is 0 Å². The summed E-state index contributed by atoms with van der Waals surface area (Å²) in [4.78, 5) is 4.37. The second-order valence-corrected chi connectivity index (χ2v) is 3.83. The van der Waals surface area contributed by atoms with E-state index in [9.17, 15) is 0 Å². The van der Waals surface area contributed by atoms with Gasteiger partial charge in [-0.1, -0.05) is 12.1 Å². The lowest BCUT2D eigenvalue weighted by atomic mass is 10.1. The van der Waals surface area contributed by atoms with Crippen molar-refractivity contribution in [2.45, 2.75) is 6.54 Å². The zero-order chi connectivity index (χ0) is 11.0. The zero-order valence-corrected chi connectivity index (χ0v) is 8.93.